The zero-order chi connectivity index (χ0) is 26.3. The van der Waals surface area contributed by atoms with E-state index in [9.17, 15) is 22.8 Å². The van der Waals surface area contributed by atoms with Gasteiger partial charge in [0.05, 0.1) is 13.2 Å². The largest absolute Gasteiger partial charge is 0.493 e. The van der Waals surface area contributed by atoms with Gasteiger partial charge in [-0.1, -0.05) is 25.5 Å². The summed E-state index contributed by atoms with van der Waals surface area (Å²) in [6, 6.07) is 8.15. The molecule has 2 aliphatic heterocycles. The average molecular weight is 514 g/mol. The molecule has 194 valence electrons. The lowest BCUT2D eigenvalue weighted by Crippen LogP contribution is -2.62. The van der Waals surface area contributed by atoms with Crippen LogP contribution in [-0.4, -0.2) is 41.9 Å². The lowest BCUT2D eigenvalue weighted by molar-refractivity contribution is 0.0570. The SMILES string of the molecule is CCCCOc1c2n(ccc1=O)N1[C@H](c3ccc(F)cc3)c3cc(F)c(F)cc3OCC[C@H]1N(C)C2=O. The van der Waals surface area contributed by atoms with Gasteiger partial charge in [0.15, 0.2) is 23.1 Å². The van der Waals surface area contributed by atoms with Crippen molar-refractivity contribution in [3.05, 3.63) is 93.2 Å². The Hall–Kier alpha value is -3.95. The third kappa shape index (κ3) is 4.30. The van der Waals surface area contributed by atoms with Gasteiger partial charge in [-0.15, -0.1) is 0 Å². The first-order valence-corrected chi connectivity index (χ1v) is 12.1. The highest BCUT2D eigenvalue weighted by molar-refractivity contribution is 5.96. The standard InChI is InChI=1S/C27H26F3N3O4/c1-3-4-12-37-26-21(34)9-11-32-25(26)27(35)31(2)23-10-13-36-22-15-20(30)19(29)14-18(22)24(33(23)32)16-5-7-17(28)8-6-16/h5-9,11,14-15,23-24H,3-4,10,12-13H2,1-2H3/t23-,24+/m0/s1. The van der Waals surface area contributed by atoms with Gasteiger partial charge >= 0.3 is 0 Å². The summed E-state index contributed by atoms with van der Waals surface area (Å²) in [6.07, 6.45) is 2.72. The zero-order valence-corrected chi connectivity index (χ0v) is 20.4. The Bertz CT molecular complexity index is 1390. The third-order valence-electron chi connectivity index (χ3n) is 6.73. The topological polar surface area (TPSA) is 64.0 Å². The van der Waals surface area contributed by atoms with Gasteiger partial charge in [0.2, 0.25) is 5.43 Å². The maximum atomic E-state index is 14.6. The molecule has 2 aliphatic rings. The molecule has 0 fully saturated rings. The van der Waals surface area contributed by atoms with Crippen molar-refractivity contribution in [3.8, 4) is 11.5 Å². The number of halogens is 3. The Labute approximate surface area is 211 Å². The van der Waals surface area contributed by atoms with Crippen LogP contribution in [0.3, 0.4) is 0 Å². The van der Waals surface area contributed by atoms with Crippen molar-refractivity contribution in [2.24, 2.45) is 0 Å². The van der Waals surface area contributed by atoms with Crippen molar-refractivity contribution < 1.29 is 27.4 Å². The fourth-order valence-corrected chi connectivity index (χ4v) is 4.88. The summed E-state index contributed by atoms with van der Waals surface area (Å²) in [6.45, 7) is 2.35. The molecule has 1 aromatic heterocycles. The maximum absolute atomic E-state index is 14.6. The predicted molar refractivity (Wildman–Crippen MR) is 130 cm³/mol. The number of ether oxygens (including phenoxy) is 2. The molecule has 0 bridgehead atoms. The van der Waals surface area contributed by atoms with E-state index in [4.69, 9.17) is 9.47 Å². The number of aromatic nitrogens is 1. The molecule has 7 nitrogen and oxygen atoms in total. The number of fused-ring (bicyclic) bond motifs is 4. The van der Waals surface area contributed by atoms with Gasteiger partial charge in [0, 0.05) is 37.4 Å². The summed E-state index contributed by atoms with van der Waals surface area (Å²) < 4.78 is 55.9. The van der Waals surface area contributed by atoms with Crippen molar-refractivity contribution >= 4 is 5.91 Å². The van der Waals surface area contributed by atoms with E-state index in [1.807, 2.05) is 6.92 Å². The van der Waals surface area contributed by atoms with E-state index in [1.54, 1.807) is 28.9 Å². The molecule has 0 unspecified atom stereocenters. The Morgan fingerprint density at radius 3 is 2.51 bits per heavy atom. The molecule has 37 heavy (non-hydrogen) atoms. The van der Waals surface area contributed by atoms with Gasteiger partial charge in [0.1, 0.15) is 23.8 Å². The first kappa shape index (κ1) is 24.7. The van der Waals surface area contributed by atoms with Gasteiger partial charge < -0.3 is 14.4 Å². The highest BCUT2D eigenvalue weighted by Gasteiger charge is 2.43. The molecule has 3 heterocycles. The normalized spacial score (nSPS) is 18.8. The minimum absolute atomic E-state index is 0.0279. The molecule has 0 N–H and O–H groups in total. The minimum atomic E-state index is -1.07. The second kappa shape index (κ2) is 9.84. The first-order valence-electron chi connectivity index (χ1n) is 12.1. The van der Waals surface area contributed by atoms with E-state index in [1.165, 1.54) is 29.3 Å². The van der Waals surface area contributed by atoms with Crippen LogP contribution < -0.4 is 19.9 Å². The maximum Gasteiger partial charge on any atom is 0.277 e. The second-order valence-corrected chi connectivity index (χ2v) is 9.08. The first-order chi connectivity index (χ1) is 17.8. The Balaban J connectivity index is 1.78. The number of carbonyl (C=O) groups is 1. The summed E-state index contributed by atoms with van der Waals surface area (Å²) in [5.74, 6) is -2.96. The van der Waals surface area contributed by atoms with Gasteiger partial charge in [0.25, 0.3) is 5.91 Å². The number of unbranched alkanes of at least 4 members (excludes halogenated alkanes) is 1. The van der Waals surface area contributed by atoms with Gasteiger partial charge in [-0.2, -0.15) is 0 Å². The van der Waals surface area contributed by atoms with Gasteiger partial charge in [-0.25, -0.2) is 13.2 Å². The zero-order valence-electron chi connectivity index (χ0n) is 20.4. The average Bonchev–Trinajstić information content (AvgIpc) is 2.87. The van der Waals surface area contributed by atoms with Crippen molar-refractivity contribution in [2.45, 2.75) is 38.4 Å². The fraction of sp³-hybridized carbons (Fsp3) is 0.333. The van der Waals surface area contributed by atoms with E-state index in [0.717, 1.165) is 18.6 Å². The number of pyridine rings is 1. The summed E-state index contributed by atoms with van der Waals surface area (Å²) in [4.78, 5) is 27.9. The fourth-order valence-electron chi connectivity index (χ4n) is 4.88. The van der Waals surface area contributed by atoms with Crippen LogP contribution in [0.25, 0.3) is 0 Å². The molecular formula is C27H26F3N3O4. The molecule has 5 rings (SSSR count). The van der Waals surface area contributed by atoms with E-state index in [2.05, 4.69) is 0 Å². The van der Waals surface area contributed by atoms with E-state index >= 15 is 0 Å². The Kier molecular flexibility index (Phi) is 6.57. The second-order valence-electron chi connectivity index (χ2n) is 9.08. The molecule has 1 amide bonds. The van der Waals surface area contributed by atoms with Crippen LogP contribution in [0.1, 0.15) is 53.8 Å². The summed E-state index contributed by atoms with van der Waals surface area (Å²) in [5.41, 5.74) is 0.422. The number of hydrogen-bond acceptors (Lipinski definition) is 5. The third-order valence-corrected chi connectivity index (χ3v) is 6.73. The number of carbonyl (C=O) groups excluding carboxylic acids is 1. The minimum Gasteiger partial charge on any atom is -0.493 e. The number of benzene rings is 2. The van der Waals surface area contributed by atoms with E-state index in [-0.39, 0.29) is 36.0 Å². The van der Waals surface area contributed by atoms with Crippen LogP contribution >= 0.6 is 0 Å². The number of amides is 1. The summed E-state index contributed by atoms with van der Waals surface area (Å²) >= 11 is 0. The molecular weight excluding hydrogens is 487 g/mol. The van der Waals surface area contributed by atoms with Crippen LogP contribution in [-0.2, 0) is 0 Å². The molecule has 0 saturated heterocycles. The van der Waals surface area contributed by atoms with Gasteiger partial charge in [-0.05, 0) is 30.2 Å². The lowest BCUT2D eigenvalue weighted by atomic mass is 9.94. The molecule has 0 aliphatic carbocycles. The molecule has 3 aromatic rings. The summed E-state index contributed by atoms with van der Waals surface area (Å²) in [7, 11) is 1.60. The predicted octanol–water partition coefficient (Wildman–Crippen LogP) is 4.37. The monoisotopic (exact) mass is 513 g/mol. The van der Waals surface area contributed by atoms with E-state index in [0.29, 0.717) is 18.4 Å². The Morgan fingerprint density at radius 2 is 1.78 bits per heavy atom. The summed E-state index contributed by atoms with van der Waals surface area (Å²) in [5, 5.41) is 1.80. The van der Waals surface area contributed by atoms with Crippen LogP contribution in [0.4, 0.5) is 13.2 Å². The highest BCUT2D eigenvalue weighted by atomic mass is 19.2. The molecule has 10 heteroatoms. The van der Waals surface area contributed by atoms with Gasteiger partial charge in [-0.3, -0.25) is 19.3 Å². The van der Waals surface area contributed by atoms with Crippen LogP contribution in [0.2, 0.25) is 0 Å². The smallest absolute Gasteiger partial charge is 0.277 e. The van der Waals surface area contributed by atoms with Crippen molar-refractivity contribution in [1.29, 1.82) is 0 Å². The lowest BCUT2D eigenvalue weighted by Gasteiger charge is -2.50. The van der Waals surface area contributed by atoms with Crippen molar-refractivity contribution in [3.63, 3.8) is 0 Å². The van der Waals surface area contributed by atoms with Crippen molar-refractivity contribution in [1.82, 2.24) is 9.58 Å². The van der Waals surface area contributed by atoms with Crippen LogP contribution in [0.5, 0.6) is 11.5 Å². The van der Waals surface area contributed by atoms with Crippen LogP contribution in [0.15, 0.2) is 53.5 Å². The molecule has 0 spiro atoms. The molecule has 2 atom stereocenters. The number of rotatable bonds is 5. The van der Waals surface area contributed by atoms with Crippen molar-refractivity contribution in [2.75, 3.05) is 25.3 Å². The quantitative estimate of drug-likeness (QED) is 0.475. The Morgan fingerprint density at radius 1 is 1.05 bits per heavy atom. The number of nitrogens with zero attached hydrogens (tertiary/aromatic N) is 3. The van der Waals surface area contributed by atoms with Crippen LogP contribution in [0, 0.1) is 17.5 Å². The number of hydrogen-bond donors (Lipinski definition) is 0. The van der Waals surface area contributed by atoms with E-state index < -0.39 is 41.0 Å². The molecule has 0 radical (unpaired) electrons. The molecule has 2 aromatic carbocycles. The molecule has 0 saturated carbocycles. The highest BCUT2D eigenvalue weighted by Crippen LogP contribution is 2.41.